The van der Waals surface area contributed by atoms with E-state index in [9.17, 15) is 5.11 Å². The van der Waals surface area contributed by atoms with Gasteiger partial charge in [-0.3, -0.25) is 4.98 Å². The first-order valence-corrected chi connectivity index (χ1v) is 10.5. The summed E-state index contributed by atoms with van der Waals surface area (Å²) in [6, 6.07) is 23.7. The van der Waals surface area contributed by atoms with Crippen LogP contribution in [0.5, 0.6) is 5.75 Å². The van der Waals surface area contributed by atoms with E-state index in [2.05, 4.69) is 10.3 Å². The van der Waals surface area contributed by atoms with Gasteiger partial charge in [-0.2, -0.15) is 0 Å². The molecular weight excluding hydrogens is 430 g/mol. The number of phenolic OH excluding ortho intramolecular Hbond substituents is 1. The maximum Gasteiger partial charge on any atom is 0.174 e. The fourth-order valence-electron chi connectivity index (χ4n) is 3.82. The van der Waals surface area contributed by atoms with Crippen molar-refractivity contribution in [1.82, 2.24) is 10.3 Å². The van der Waals surface area contributed by atoms with Gasteiger partial charge >= 0.3 is 0 Å². The van der Waals surface area contributed by atoms with E-state index >= 15 is 0 Å². The average Bonchev–Trinajstić information content (AvgIpc) is 3.40. The average molecular weight is 448 g/mol. The van der Waals surface area contributed by atoms with Crippen LogP contribution in [-0.4, -0.2) is 15.2 Å². The van der Waals surface area contributed by atoms with Crippen LogP contribution in [0.15, 0.2) is 89.5 Å². The number of benzene rings is 2. The Labute approximate surface area is 189 Å². The van der Waals surface area contributed by atoms with Crippen molar-refractivity contribution in [3.63, 3.8) is 0 Å². The topological polar surface area (TPSA) is 61.5 Å². The zero-order valence-corrected chi connectivity index (χ0v) is 17.8. The molecule has 0 radical (unpaired) electrons. The van der Waals surface area contributed by atoms with Crippen molar-refractivity contribution in [2.45, 2.75) is 12.1 Å². The molecule has 31 heavy (non-hydrogen) atoms. The molecule has 3 heterocycles. The van der Waals surface area contributed by atoms with E-state index in [0.29, 0.717) is 10.1 Å². The Morgan fingerprint density at radius 3 is 2.45 bits per heavy atom. The number of anilines is 1. The highest BCUT2D eigenvalue weighted by molar-refractivity contribution is 7.80. The van der Waals surface area contributed by atoms with Crippen LogP contribution in [-0.2, 0) is 0 Å². The molecule has 0 aliphatic carbocycles. The van der Waals surface area contributed by atoms with E-state index in [1.165, 1.54) is 0 Å². The monoisotopic (exact) mass is 447 g/mol. The van der Waals surface area contributed by atoms with E-state index < -0.39 is 0 Å². The smallest absolute Gasteiger partial charge is 0.174 e. The van der Waals surface area contributed by atoms with Gasteiger partial charge in [-0.15, -0.1) is 0 Å². The molecule has 0 spiro atoms. The second-order valence-corrected chi connectivity index (χ2v) is 8.05. The second kappa shape index (κ2) is 8.06. The van der Waals surface area contributed by atoms with Crippen molar-refractivity contribution in [2.75, 3.05) is 4.90 Å². The predicted molar refractivity (Wildman–Crippen MR) is 125 cm³/mol. The highest BCUT2D eigenvalue weighted by Crippen LogP contribution is 2.43. The highest BCUT2D eigenvalue weighted by Gasteiger charge is 2.42. The summed E-state index contributed by atoms with van der Waals surface area (Å²) in [5, 5.41) is 14.4. The molecule has 2 aromatic carbocycles. The van der Waals surface area contributed by atoms with E-state index in [4.69, 9.17) is 28.2 Å². The lowest BCUT2D eigenvalue weighted by molar-refractivity contribution is 0.439. The Hall–Kier alpha value is -3.35. The van der Waals surface area contributed by atoms with Gasteiger partial charge in [0.1, 0.15) is 23.3 Å². The molecule has 2 atom stereocenters. The van der Waals surface area contributed by atoms with Crippen molar-refractivity contribution in [1.29, 1.82) is 0 Å². The van der Waals surface area contributed by atoms with Crippen molar-refractivity contribution in [3.05, 3.63) is 102 Å². The normalized spacial score (nSPS) is 18.2. The number of rotatable bonds is 4. The molecule has 5 nitrogen and oxygen atoms in total. The molecule has 5 rings (SSSR count). The van der Waals surface area contributed by atoms with Crippen molar-refractivity contribution in [2.24, 2.45) is 0 Å². The fraction of sp³-hybridized carbons (Fsp3) is 0.0833. The zero-order valence-electron chi connectivity index (χ0n) is 16.3. The van der Waals surface area contributed by atoms with Crippen LogP contribution in [0.1, 0.15) is 23.5 Å². The summed E-state index contributed by atoms with van der Waals surface area (Å²) >= 11 is 11.7. The fourth-order valence-corrected chi connectivity index (χ4v) is 4.29. The number of hydrogen-bond acceptors (Lipinski definition) is 4. The minimum Gasteiger partial charge on any atom is -0.508 e. The lowest BCUT2D eigenvalue weighted by Crippen LogP contribution is -2.29. The standard InChI is InChI=1S/C24H18ClN3O2S/c25-16-6-4-15(5-7-16)20-12-13-21(30-20)23-22(19-3-1-2-14-26-19)27-24(31)28(23)17-8-10-18(29)11-9-17/h1-14,22-23,29H,(H,27,31)/t22-,23+/m1/s1. The number of furan rings is 1. The number of aromatic nitrogens is 1. The van der Waals surface area contributed by atoms with Crippen LogP contribution in [0.4, 0.5) is 5.69 Å². The van der Waals surface area contributed by atoms with Gasteiger partial charge < -0.3 is 19.7 Å². The Morgan fingerprint density at radius 1 is 0.968 bits per heavy atom. The van der Waals surface area contributed by atoms with Gasteiger partial charge in [0, 0.05) is 22.5 Å². The number of aromatic hydroxyl groups is 1. The first-order valence-electron chi connectivity index (χ1n) is 9.75. The number of nitrogens with one attached hydrogen (secondary N) is 1. The number of hydrogen-bond donors (Lipinski definition) is 2. The zero-order chi connectivity index (χ0) is 21.4. The molecule has 1 fully saturated rings. The Bertz CT molecular complexity index is 1210. The van der Waals surface area contributed by atoms with E-state index in [0.717, 1.165) is 28.5 Å². The Balaban J connectivity index is 1.59. The van der Waals surface area contributed by atoms with E-state index in [-0.39, 0.29) is 17.8 Å². The molecule has 2 aromatic heterocycles. The summed E-state index contributed by atoms with van der Waals surface area (Å²) in [5.41, 5.74) is 2.65. The van der Waals surface area contributed by atoms with Crippen LogP contribution in [0, 0.1) is 0 Å². The van der Waals surface area contributed by atoms with Crippen LogP contribution >= 0.6 is 23.8 Å². The molecular formula is C24H18ClN3O2S. The van der Waals surface area contributed by atoms with Gasteiger partial charge in [0.15, 0.2) is 5.11 Å². The van der Waals surface area contributed by atoms with Crippen molar-refractivity contribution in [3.8, 4) is 17.1 Å². The van der Waals surface area contributed by atoms with Crippen LogP contribution in [0.2, 0.25) is 5.02 Å². The van der Waals surface area contributed by atoms with Gasteiger partial charge in [-0.05, 0) is 85.0 Å². The summed E-state index contributed by atoms with van der Waals surface area (Å²) in [6.07, 6.45) is 1.77. The highest BCUT2D eigenvalue weighted by atomic mass is 35.5. The number of halogens is 1. The summed E-state index contributed by atoms with van der Waals surface area (Å²) in [7, 11) is 0. The lowest BCUT2D eigenvalue weighted by atomic mass is 10.0. The third kappa shape index (κ3) is 3.76. The summed E-state index contributed by atoms with van der Waals surface area (Å²) in [5.74, 6) is 1.69. The van der Waals surface area contributed by atoms with E-state index in [1.54, 1.807) is 18.3 Å². The van der Waals surface area contributed by atoms with Gasteiger partial charge in [0.2, 0.25) is 0 Å². The summed E-state index contributed by atoms with van der Waals surface area (Å²) < 4.78 is 6.31. The maximum absolute atomic E-state index is 9.72. The number of phenols is 1. The molecule has 1 aliphatic rings. The van der Waals surface area contributed by atoms with E-state index in [1.807, 2.05) is 71.6 Å². The van der Waals surface area contributed by atoms with Crippen LogP contribution < -0.4 is 10.2 Å². The second-order valence-electron chi connectivity index (χ2n) is 7.22. The third-order valence-electron chi connectivity index (χ3n) is 5.27. The molecule has 7 heteroatoms. The molecule has 154 valence electrons. The maximum atomic E-state index is 9.72. The molecule has 0 saturated carbocycles. The quantitative estimate of drug-likeness (QED) is 0.381. The van der Waals surface area contributed by atoms with Crippen molar-refractivity contribution >= 4 is 34.6 Å². The van der Waals surface area contributed by atoms with Crippen molar-refractivity contribution < 1.29 is 9.52 Å². The largest absolute Gasteiger partial charge is 0.508 e. The third-order valence-corrected chi connectivity index (χ3v) is 5.84. The number of thiocarbonyl (C=S) groups is 1. The molecule has 1 saturated heterocycles. The van der Waals surface area contributed by atoms with Gasteiger partial charge in [-0.25, -0.2) is 0 Å². The molecule has 1 aliphatic heterocycles. The number of nitrogens with zero attached hydrogens (tertiary/aromatic N) is 2. The molecule has 0 bridgehead atoms. The number of pyridine rings is 1. The predicted octanol–water partition coefficient (Wildman–Crippen LogP) is 5.88. The first kappa shape index (κ1) is 19.6. The molecule has 2 N–H and O–H groups in total. The summed E-state index contributed by atoms with van der Waals surface area (Å²) in [6.45, 7) is 0. The first-order chi connectivity index (χ1) is 15.1. The van der Waals surface area contributed by atoms with Crippen LogP contribution in [0.25, 0.3) is 11.3 Å². The minimum atomic E-state index is -0.256. The lowest BCUT2D eigenvalue weighted by Gasteiger charge is -2.26. The van der Waals surface area contributed by atoms with Crippen LogP contribution in [0.3, 0.4) is 0 Å². The Kier molecular flexibility index (Phi) is 5.10. The van der Waals surface area contributed by atoms with Gasteiger partial charge in [0.05, 0.1) is 11.7 Å². The summed E-state index contributed by atoms with van der Waals surface area (Å²) in [4.78, 5) is 6.54. The molecule has 0 unspecified atom stereocenters. The van der Waals surface area contributed by atoms with Gasteiger partial charge in [-0.1, -0.05) is 17.7 Å². The van der Waals surface area contributed by atoms with Gasteiger partial charge in [0.25, 0.3) is 0 Å². The molecule has 0 amide bonds. The SMILES string of the molecule is Oc1ccc(N2C(=S)N[C@H](c3ccccn3)[C@@H]2c2ccc(-c3ccc(Cl)cc3)o2)cc1. The Morgan fingerprint density at radius 2 is 1.74 bits per heavy atom. The minimum absolute atomic E-state index is 0.197. The molecule has 4 aromatic rings.